The van der Waals surface area contributed by atoms with Gasteiger partial charge in [0.1, 0.15) is 0 Å². The van der Waals surface area contributed by atoms with Crippen molar-refractivity contribution in [2.24, 2.45) is 0 Å². The zero-order chi connectivity index (χ0) is 4.50. The SMILES string of the molecule is O=P(O)(O)O.[H-].[H-].[H-].[H-].[K+].[Mg+2].[Na+]. The molecule has 3 N–H and O–H groups in total. The van der Waals surface area contributed by atoms with Crippen LogP contribution >= 0.6 is 7.82 Å². The molecular weight excluding hydrogens is 181 g/mol. The Morgan fingerprint density at radius 1 is 1.25 bits per heavy atom. The second-order valence-electron chi connectivity index (χ2n) is 0.513. The van der Waals surface area contributed by atoms with Crippen molar-refractivity contribution in [3.8, 4) is 0 Å². The van der Waals surface area contributed by atoms with Crippen molar-refractivity contribution in [2.75, 3.05) is 0 Å². The molecule has 0 aromatic rings. The van der Waals surface area contributed by atoms with E-state index >= 15 is 0 Å². The molecule has 0 atom stereocenters. The van der Waals surface area contributed by atoms with Crippen molar-refractivity contribution in [3.63, 3.8) is 0 Å². The average molecular weight is 188 g/mol. The number of rotatable bonds is 0. The molecule has 0 heterocycles. The van der Waals surface area contributed by atoms with Crippen LogP contribution in [-0.2, 0) is 4.57 Å². The van der Waals surface area contributed by atoms with Crippen LogP contribution in [0.4, 0.5) is 0 Å². The van der Waals surface area contributed by atoms with E-state index in [9.17, 15) is 0 Å². The molecule has 0 fully saturated rings. The number of phosphoric acid groups is 1. The van der Waals surface area contributed by atoms with Crippen LogP contribution in [0, 0.1) is 0 Å². The van der Waals surface area contributed by atoms with Gasteiger partial charge >= 0.3 is 112 Å². The Bertz CT molecular complexity index is 73.2. The van der Waals surface area contributed by atoms with Crippen molar-refractivity contribution in [2.45, 2.75) is 0 Å². The molecule has 8 heavy (non-hydrogen) atoms. The van der Waals surface area contributed by atoms with Gasteiger partial charge < -0.3 is 20.4 Å². The summed E-state index contributed by atoms with van der Waals surface area (Å²) in [5.41, 5.74) is 0. The normalized spacial score (nSPS) is 7.38. The van der Waals surface area contributed by atoms with Crippen molar-refractivity contribution >= 4 is 30.9 Å². The predicted molar refractivity (Wildman–Crippen MR) is 24.5 cm³/mol. The van der Waals surface area contributed by atoms with Gasteiger partial charge in [0.25, 0.3) is 0 Å². The molecule has 0 aliphatic rings. The van der Waals surface area contributed by atoms with E-state index in [0.29, 0.717) is 0 Å². The van der Waals surface area contributed by atoms with E-state index in [-0.39, 0.29) is 110 Å². The predicted octanol–water partition coefficient (Wildman–Crippen LogP) is -6.85. The van der Waals surface area contributed by atoms with Gasteiger partial charge in [0, 0.05) is 0 Å². The summed E-state index contributed by atoms with van der Waals surface area (Å²) in [6.45, 7) is 0. The minimum atomic E-state index is -4.64. The topological polar surface area (TPSA) is 77.8 Å². The zero-order valence-corrected chi connectivity index (χ0v) is 12.3. The summed E-state index contributed by atoms with van der Waals surface area (Å²) in [5, 5.41) is 0. The minimum absolute atomic E-state index is 0. The summed E-state index contributed by atoms with van der Waals surface area (Å²) >= 11 is 0. The maximum atomic E-state index is 8.88. The summed E-state index contributed by atoms with van der Waals surface area (Å²) in [6, 6.07) is 0. The summed E-state index contributed by atoms with van der Waals surface area (Å²) in [6.07, 6.45) is 0. The molecule has 0 radical (unpaired) electrons. The first kappa shape index (κ1) is 22.5. The third kappa shape index (κ3) is 55.9. The Morgan fingerprint density at radius 2 is 1.25 bits per heavy atom. The van der Waals surface area contributed by atoms with E-state index in [2.05, 4.69) is 0 Å². The van der Waals surface area contributed by atoms with E-state index in [0.717, 1.165) is 0 Å². The monoisotopic (exact) mass is 188 g/mol. The van der Waals surface area contributed by atoms with Gasteiger partial charge in [-0.15, -0.1) is 0 Å². The van der Waals surface area contributed by atoms with Crippen LogP contribution in [0.15, 0.2) is 0 Å². The fraction of sp³-hybridized carbons (Fsp3) is 0. The van der Waals surface area contributed by atoms with E-state index in [1.165, 1.54) is 0 Å². The van der Waals surface area contributed by atoms with Crippen LogP contribution in [0.3, 0.4) is 0 Å². The smallest absolute Gasteiger partial charge is 1.00 e. The van der Waals surface area contributed by atoms with Crippen molar-refractivity contribution in [1.82, 2.24) is 0 Å². The molecule has 0 aromatic heterocycles. The fourth-order valence-electron chi connectivity index (χ4n) is 0. The van der Waals surface area contributed by atoms with Crippen LogP contribution in [-0.4, -0.2) is 37.7 Å². The molecule has 0 saturated carbocycles. The Labute approximate surface area is 134 Å². The average Bonchev–Trinajstić information content (AvgIpc) is 0.722. The molecule has 0 amide bonds. The van der Waals surface area contributed by atoms with Crippen molar-refractivity contribution < 1.29 is 106 Å². The molecule has 0 saturated heterocycles. The first-order valence-corrected chi connectivity index (χ1v) is 2.35. The Kier molecular flexibility index (Phi) is 29.6. The molecule has 0 unspecified atom stereocenters. The van der Waals surface area contributed by atoms with Gasteiger partial charge in [0.2, 0.25) is 0 Å². The first-order chi connectivity index (χ1) is 2.00. The van der Waals surface area contributed by atoms with Crippen LogP contribution in [0.2, 0.25) is 0 Å². The van der Waals surface area contributed by atoms with Gasteiger partial charge in [-0.1, -0.05) is 0 Å². The summed E-state index contributed by atoms with van der Waals surface area (Å²) < 4.78 is 8.88. The minimum Gasteiger partial charge on any atom is -1.00 e. The standard InChI is InChI=1S/K.Mg.Na.H3O4P.4H/c;;;1-5(2,3)4;;;;/h;;;(H3,1,2,3,4);;;;/q+1;+2;+1;;4*-1. The third-order valence-electron chi connectivity index (χ3n) is 0. The molecule has 0 aliphatic heterocycles. The third-order valence-corrected chi connectivity index (χ3v) is 0. The van der Waals surface area contributed by atoms with Gasteiger partial charge in [-0.2, -0.15) is 0 Å². The molecule has 0 aromatic carbocycles. The van der Waals surface area contributed by atoms with Crippen LogP contribution in [0.5, 0.6) is 0 Å². The van der Waals surface area contributed by atoms with Crippen LogP contribution in [0.1, 0.15) is 5.71 Å². The molecule has 0 spiro atoms. The molecule has 0 aliphatic carbocycles. The maximum absolute atomic E-state index is 8.88. The molecular formula is H7KMgNaO4P. The van der Waals surface area contributed by atoms with E-state index in [4.69, 9.17) is 19.2 Å². The van der Waals surface area contributed by atoms with Gasteiger partial charge in [0.15, 0.2) is 0 Å². The second kappa shape index (κ2) is 10.5. The van der Waals surface area contributed by atoms with Gasteiger partial charge in [0.05, 0.1) is 0 Å². The fourth-order valence-corrected chi connectivity index (χ4v) is 0. The zero-order valence-electron chi connectivity index (χ0n) is 8.90. The summed E-state index contributed by atoms with van der Waals surface area (Å²) in [4.78, 5) is 21.6. The van der Waals surface area contributed by atoms with Gasteiger partial charge in [-0.3, -0.25) is 0 Å². The van der Waals surface area contributed by atoms with Gasteiger partial charge in [-0.25, -0.2) is 4.57 Å². The molecule has 0 bridgehead atoms. The molecule has 4 nitrogen and oxygen atoms in total. The van der Waals surface area contributed by atoms with E-state index in [1.807, 2.05) is 0 Å². The quantitative estimate of drug-likeness (QED) is 0.261. The van der Waals surface area contributed by atoms with Crippen molar-refractivity contribution in [1.29, 1.82) is 0 Å². The number of hydrogen-bond acceptors (Lipinski definition) is 1. The number of hydrogen-bond donors (Lipinski definition) is 3. The molecule has 8 heteroatoms. The Balaban J connectivity index is -0.00000000381. The Morgan fingerprint density at radius 3 is 1.25 bits per heavy atom. The van der Waals surface area contributed by atoms with Gasteiger partial charge in [-0.05, 0) is 0 Å². The summed E-state index contributed by atoms with van der Waals surface area (Å²) in [5.74, 6) is 0. The Hall–Kier alpha value is 3.51. The second-order valence-corrected chi connectivity index (χ2v) is 1.54. The van der Waals surface area contributed by atoms with E-state index in [1.54, 1.807) is 0 Å². The maximum Gasteiger partial charge on any atom is 2.00 e. The van der Waals surface area contributed by atoms with Crippen molar-refractivity contribution in [3.05, 3.63) is 0 Å². The van der Waals surface area contributed by atoms with E-state index < -0.39 is 7.82 Å². The summed E-state index contributed by atoms with van der Waals surface area (Å²) in [7, 11) is -4.64. The van der Waals surface area contributed by atoms with Crippen LogP contribution < -0.4 is 80.9 Å². The molecule has 40 valence electrons. The largest absolute Gasteiger partial charge is 2.00 e. The first-order valence-electron chi connectivity index (χ1n) is 0.783. The molecule has 0 rings (SSSR count). The van der Waals surface area contributed by atoms with Crippen LogP contribution in [0.25, 0.3) is 0 Å².